The Balaban J connectivity index is 2.38. The first-order valence-electron chi connectivity index (χ1n) is 4.27. The molecule has 0 radical (unpaired) electrons. The van der Waals surface area contributed by atoms with Gasteiger partial charge in [0, 0.05) is 6.07 Å². The van der Waals surface area contributed by atoms with Crippen LogP contribution >= 0.6 is 0 Å². The average Bonchev–Trinajstić information content (AvgIpc) is 2.01. The maximum absolute atomic E-state index is 12.9. The van der Waals surface area contributed by atoms with Gasteiger partial charge in [-0.3, -0.25) is 0 Å². The lowest BCUT2D eigenvalue weighted by Gasteiger charge is -2.33. The topological polar surface area (TPSA) is 21.3 Å². The van der Waals surface area contributed by atoms with E-state index in [1.54, 1.807) is 6.07 Å². The van der Waals surface area contributed by atoms with Crippen LogP contribution in [0.15, 0.2) is 18.2 Å². The lowest BCUT2D eigenvalue weighted by Crippen LogP contribution is -2.40. The number of rotatable bonds is 0. The molecule has 1 aliphatic heterocycles. The number of hydrogen-bond acceptors (Lipinski definition) is 2. The van der Waals surface area contributed by atoms with Crippen LogP contribution in [0.1, 0.15) is 13.8 Å². The molecular formula is C10H12FNO. The van der Waals surface area contributed by atoms with E-state index in [-0.39, 0.29) is 11.4 Å². The molecule has 1 aromatic carbocycles. The maximum Gasteiger partial charge on any atom is 0.142 e. The summed E-state index contributed by atoms with van der Waals surface area (Å²) in [4.78, 5) is 0. The van der Waals surface area contributed by atoms with Crippen molar-refractivity contribution in [2.45, 2.75) is 19.4 Å². The average molecular weight is 181 g/mol. The third kappa shape index (κ3) is 1.59. The number of fused-ring (bicyclic) bond motifs is 1. The number of ether oxygens (including phenoxy) is 1. The quantitative estimate of drug-likeness (QED) is 0.663. The molecule has 2 nitrogen and oxygen atoms in total. The van der Waals surface area contributed by atoms with E-state index in [9.17, 15) is 4.39 Å². The van der Waals surface area contributed by atoms with Crippen LogP contribution in [0.3, 0.4) is 0 Å². The number of benzene rings is 1. The molecular weight excluding hydrogens is 169 g/mol. The van der Waals surface area contributed by atoms with E-state index < -0.39 is 0 Å². The molecule has 0 amide bonds. The van der Waals surface area contributed by atoms with Crippen molar-refractivity contribution in [3.63, 3.8) is 0 Å². The Kier molecular flexibility index (Phi) is 1.68. The predicted molar refractivity (Wildman–Crippen MR) is 49.6 cm³/mol. The normalized spacial score (nSPS) is 18.4. The van der Waals surface area contributed by atoms with Gasteiger partial charge in [-0.2, -0.15) is 0 Å². The van der Waals surface area contributed by atoms with Crippen LogP contribution in [0.5, 0.6) is 5.75 Å². The van der Waals surface area contributed by atoms with E-state index in [2.05, 4.69) is 5.32 Å². The van der Waals surface area contributed by atoms with Crippen LogP contribution in [0.4, 0.5) is 10.1 Å². The van der Waals surface area contributed by atoms with E-state index in [4.69, 9.17) is 4.74 Å². The molecule has 1 aliphatic rings. The summed E-state index contributed by atoms with van der Waals surface area (Å²) >= 11 is 0. The largest absolute Gasteiger partial charge is 0.489 e. The monoisotopic (exact) mass is 181 g/mol. The molecule has 0 spiro atoms. The van der Waals surface area contributed by atoms with Crippen molar-refractivity contribution in [3.8, 4) is 5.75 Å². The molecule has 13 heavy (non-hydrogen) atoms. The molecule has 0 saturated carbocycles. The number of halogens is 1. The van der Waals surface area contributed by atoms with Crippen molar-refractivity contribution in [2.75, 3.05) is 11.9 Å². The minimum atomic E-state index is -0.243. The molecule has 3 heteroatoms. The minimum Gasteiger partial charge on any atom is -0.489 e. The standard InChI is InChI=1S/C10H12FNO/c1-10(2)6-13-9-4-3-7(11)5-8(9)12-10/h3-5,12H,6H2,1-2H3. The molecule has 1 aromatic rings. The third-order valence-corrected chi connectivity index (χ3v) is 2.00. The van der Waals surface area contributed by atoms with E-state index in [1.165, 1.54) is 12.1 Å². The van der Waals surface area contributed by atoms with Crippen LogP contribution in [0.2, 0.25) is 0 Å². The highest BCUT2D eigenvalue weighted by atomic mass is 19.1. The van der Waals surface area contributed by atoms with Crippen LogP contribution in [0.25, 0.3) is 0 Å². The first-order valence-corrected chi connectivity index (χ1v) is 4.27. The summed E-state index contributed by atoms with van der Waals surface area (Å²) in [5, 5.41) is 3.21. The van der Waals surface area contributed by atoms with Crippen molar-refractivity contribution >= 4 is 5.69 Å². The van der Waals surface area contributed by atoms with E-state index >= 15 is 0 Å². The van der Waals surface area contributed by atoms with Gasteiger partial charge in [0.05, 0.1) is 11.2 Å². The second-order valence-electron chi connectivity index (χ2n) is 3.94. The first-order chi connectivity index (χ1) is 6.07. The fourth-order valence-corrected chi connectivity index (χ4v) is 1.38. The number of anilines is 1. The van der Waals surface area contributed by atoms with Crippen molar-refractivity contribution < 1.29 is 9.13 Å². The van der Waals surface area contributed by atoms with Gasteiger partial charge in [0.15, 0.2) is 0 Å². The zero-order valence-corrected chi connectivity index (χ0v) is 7.73. The molecule has 0 bridgehead atoms. The molecule has 0 fully saturated rings. The molecule has 0 atom stereocenters. The molecule has 0 unspecified atom stereocenters. The Hall–Kier alpha value is -1.25. The zero-order valence-electron chi connectivity index (χ0n) is 7.73. The molecule has 70 valence electrons. The van der Waals surface area contributed by atoms with Gasteiger partial charge in [0.1, 0.15) is 18.2 Å². The lowest BCUT2D eigenvalue weighted by atomic mass is 10.0. The molecule has 0 aromatic heterocycles. The van der Waals surface area contributed by atoms with Gasteiger partial charge >= 0.3 is 0 Å². The van der Waals surface area contributed by atoms with Crippen LogP contribution in [-0.2, 0) is 0 Å². The Morgan fingerprint density at radius 2 is 2.23 bits per heavy atom. The van der Waals surface area contributed by atoms with Crippen molar-refractivity contribution in [1.29, 1.82) is 0 Å². The number of nitrogens with one attached hydrogen (secondary N) is 1. The summed E-state index contributed by atoms with van der Waals surface area (Å²) in [5.74, 6) is 0.480. The Labute approximate surface area is 76.7 Å². The SMILES string of the molecule is CC1(C)COc2ccc(F)cc2N1. The molecule has 2 rings (SSSR count). The second kappa shape index (κ2) is 2.62. The minimum absolute atomic E-state index is 0.124. The summed E-state index contributed by atoms with van der Waals surface area (Å²) in [5.41, 5.74) is 0.608. The van der Waals surface area contributed by atoms with Crippen LogP contribution in [-0.4, -0.2) is 12.1 Å². The van der Waals surface area contributed by atoms with Gasteiger partial charge in [0.2, 0.25) is 0 Å². The zero-order chi connectivity index (χ0) is 9.47. The van der Waals surface area contributed by atoms with Crippen molar-refractivity contribution in [1.82, 2.24) is 0 Å². The first kappa shape index (κ1) is 8.35. The summed E-state index contributed by atoms with van der Waals surface area (Å²) in [6, 6.07) is 4.50. The fourth-order valence-electron chi connectivity index (χ4n) is 1.38. The third-order valence-electron chi connectivity index (χ3n) is 2.00. The van der Waals surface area contributed by atoms with Gasteiger partial charge in [-0.15, -0.1) is 0 Å². The predicted octanol–water partition coefficient (Wildman–Crippen LogP) is 2.41. The van der Waals surface area contributed by atoms with Crippen molar-refractivity contribution in [3.05, 3.63) is 24.0 Å². The highest BCUT2D eigenvalue weighted by molar-refractivity contribution is 5.59. The van der Waals surface area contributed by atoms with Gasteiger partial charge in [-0.25, -0.2) is 4.39 Å². The molecule has 1 N–H and O–H groups in total. The number of hydrogen-bond donors (Lipinski definition) is 1. The summed E-state index contributed by atoms with van der Waals surface area (Å²) in [6.45, 7) is 4.63. The van der Waals surface area contributed by atoms with Gasteiger partial charge < -0.3 is 10.1 Å². The Morgan fingerprint density at radius 1 is 1.46 bits per heavy atom. The molecule has 0 aliphatic carbocycles. The van der Waals surface area contributed by atoms with Gasteiger partial charge in [0.25, 0.3) is 0 Å². The smallest absolute Gasteiger partial charge is 0.142 e. The molecule has 1 heterocycles. The second-order valence-corrected chi connectivity index (χ2v) is 3.94. The fraction of sp³-hybridized carbons (Fsp3) is 0.400. The Bertz CT molecular complexity index is 336. The lowest BCUT2D eigenvalue weighted by molar-refractivity contribution is 0.241. The van der Waals surface area contributed by atoms with Crippen molar-refractivity contribution in [2.24, 2.45) is 0 Å². The van der Waals surface area contributed by atoms with Gasteiger partial charge in [-0.05, 0) is 26.0 Å². The highest BCUT2D eigenvalue weighted by Gasteiger charge is 2.25. The maximum atomic E-state index is 12.9. The van der Waals surface area contributed by atoms with E-state index in [0.717, 1.165) is 11.4 Å². The summed E-state index contributed by atoms with van der Waals surface area (Å²) in [7, 11) is 0. The van der Waals surface area contributed by atoms with Crippen LogP contribution in [0, 0.1) is 5.82 Å². The van der Waals surface area contributed by atoms with Crippen LogP contribution < -0.4 is 10.1 Å². The van der Waals surface area contributed by atoms with E-state index in [0.29, 0.717) is 6.61 Å². The molecule has 0 saturated heterocycles. The Morgan fingerprint density at radius 3 is 3.00 bits per heavy atom. The van der Waals surface area contributed by atoms with E-state index in [1.807, 2.05) is 13.8 Å². The van der Waals surface area contributed by atoms with Gasteiger partial charge in [-0.1, -0.05) is 0 Å². The summed E-state index contributed by atoms with van der Waals surface area (Å²) < 4.78 is 18.3. The highest BCUT2D eigenvalue weighted by Crippen LogP contribution is 2.32. The summed E-state index contributed by atoms with van der Waals surface area (Å²) in [6.07, 6.45) is 0.